The molecule has 0 radical (unpaired) electrons. The van der Waals surface area contributed by atoms with Gasteiger partial charge in [0.15, 0.2) is 5.84 Å². The molecule has 0 saturated carbocycles. The van der Waals surface area contributed by atoms with E-state index in [4.69, 9.17) is 0 Å². The molecule has 1 aromatic carbocycles. The van der Waals surface area contributed by atoms with E-state index >= 15 is 0 Å². The molecule has 2 heteroatoms. The summed E-state index contributed by atoms with van der Waals surface area (Å²) in [4.78, 5) is 8.48. The van der Waals surface area contributed by atoms with E-state index in [0.717, 1.165) is 17.9 Å². The van der Waals surface area contributed by atoms with Crippen LogP contribution in [0.1, 0.15) is 30.9 Å². The van der Waals surface area contributed by atoms with Gasteiger partial charge in [0.05, 0.1) is 6.54 Å². The van der Waals surface area contributed by atoms with Crippen LogP contribution in [0.2, 0.25) is 0 Å². The average molecular weight is 186 g/mol. The molecule has 72 valence electrons. The Balaban J connectivity index is 2.26. The molecule has 0 fully saturated rings. The Morgan fingerprint density at radius 2 is 1.86 bits per heavy atom. The minimum absolute atomic E-state index is 0.582. The van der Waals surface area contributed by atoms with Crippen molar-refractivity contribution in [2.45, 2.75) is 19.8 Å². The van der Waals surface area contributed by atoms with Crippen molar-refractivity contribution in [1.29, 1.82) is 0 Å². The van der Waals surface area contributed by atoms with Crippen molar-refractivity contribution < 1.29 is 0 Å². The van der Waals surface area contributed by atoms with Crippen LogP contribution < -0.4 is 0 Å². The number of hydrogen-bond donors (Lipinski definition) is 0. The monoisotopic (exact) mass is 186 g/mol. The second-order valence-corrected chi connectivity index (χ2v) is 3.75. The van der Waals surface area contributed by atoms with Crippen molar-refractivity contribution in [2.24, 2.45) is 9.98 Å². The van der Waals surface area contributed by atoms with Crippen LogP contribution in [0.15, 0.2) is 34.3 Å². The molecule has 0 bridgehead atoms. The van der Waals surface area contributed by atoms with Crippen LogP contribution in [-0.4, -0.2) is 18.6 Å². The number of benzene rings is 1. The molecule has 0 unspecified atom stereocenters. The summed E-state index contributed by atoms with van der Waals surface area (Å²) in [6.45, 7) is 5.11. The SMILES string of the molecule is CC(C)c1ccc(C2=NCC=N2)cc1. The van der Waals surface area contributed by atoms with Crippen LogP contribution in [0.4, 0.5) is 0 Å². The molecule has 1 heterocycles. The molecule has 0 aromatic heterocycles. The molecular formula is C12H14N2. The Morgan fingerprint density at radius 1 is 1.14 bits per heavy atom. The molecule has 0 atom stereocenters. The molecule has 14 heavy (non-hydrogen) atoms. The predicted octanol–water partition coefficient (Wildman–Crippen LogP) is 2.64. The van der Waals surface area contributed by atoms with Crippen molar-refractivity contribution in [2.75, 3.05) is 6.54 Å². The van der Waals surface area contributed by atoms with Crippen molar-refractivity contribution in [3.05, 3.63) is 35.4 Å². The Bertz CT molecular complexity index is 372. The largest absolute Gasteiger partial charge is 0.260 e. The smallest absolute Gasteiger partial charge is 0.154 e. The van der Waals surface area contributed by atoms with Crippen LogP contribution in [0.3, 0.4) is 0 Å². The number of nitrogens with zero attached hydrogens (tertiary/aromatic N) is 2. The fourth-order valence-corrected chi connectivity index (χ4v) is 1.48. The highest BCUT2D eigenvalue weighted by Gasteiger charge is 2.05. The first-order valence-corrected chi connectivity index (χ1v) is 4.94. The second-order valence-electron chi connectivity index (χ2n) is 3.75. The van der Waals surface area contributed by atoms with Gasteiger partial charge in [-0.05, 0) is 11.5 Å². The normalized spacial score (nSPS) is 14.9. The molecule has 1 aliphatic rings. The van der Waals surface area contributed by atoms with E-state index in [1.54, 1.807) is 0 Å². The molecule has 2 rings (SSSR count). The zero-order valence-corrected chi connectivity index (χ0v) is 8.57. The number of amidine groups is 1. The average Bonchev–Trinajstić information content (AvgIpc) is 2.71. The first kappa shape index (κ1) is 9.13. The van der Waals surface area contributed by atoms with Crippen LogP contribution in [-0.2, 0) is 0 Å². The van der Waals surface area contributed by atoms with Crippen molar-refractivity contribution in [1.82, 2.24) is 0 Å². The Hall–Kier alpha value is -1.44. The molecule has 0 aliphatic carbocycles. The topological polar surface area (TPSA) is 24.7 Å². The highest BCUT2D eigenvalue weighted by atomic mass is 15.0. The van der Waals surface area contributed by atoms with Crippen LogP contribution in [0, 0.1) is 0 Å². The fraction of sp³-hybridized carbons (Fsp3) is 0.333. The van der Waals surface area contributed by atoms with Gasteiger partial charge in [-0.25, -0.2) is 4.99 Å². The van der Waals surface area contributed by atoms with Gasteiger partial charge in [-0.3, -0.25) is 4.99 Å². The molecule has 1 aromatic rings. The van der Waals surface area contributed by atoms with Gasteiger partial charge in [0, 0.05) is 11.8 Å². The van der Waals surface area contributed by atoms with Gasteiger partial charge in [0.25, 0.3) is 0 Å². The lowest BCUT2D eigenvalue weighted by atomic mass is 10.0. The maximum Gasteiger partial charge on any atom is 0.154 e. The van der Waals surface area contributed by atoms with E-state index in [1.807, 2.05) is 6.21 Å². The molecular weight excluding hydrogens is 172 g/mol. The van der Waals surface area contributed by atoms with E-state index in [2.05, 4.69) is 48.1 Å². The predicted molar refractivity (Wildman–Crippen MR) is 60.4 cm³/mol. The summed E-state index contributed by atoms with van der Waals surface area (Å²) in [5, 5.41) is 0. The van der Waals surface area contributed by atoms with Gasteiger partial charge in [-0.2, -0.15) is 0 Å². The number of rotatable bonds is 2. The first-order chi connectivity index (χ1) is 6.77. The molecule has 2 nitrogen and oxygen atoms in total. The van der Waals surface area contributed by atoms with Crippen LogP contribution in [0.25, 0.3) is 0 Å². The molecule has 0 saturated heterocycles. The van der Waals surface area contributed by atoms with E-state index in [0.29, 0.717) is 5.92 Å². The lowest BCUT2D eigenvalue weighted by molar-refractivity contribution is 0.866. The summed E-state index contributed by atoms with van der Waals surface area (Å²) >= 11 is 0. The lowest BCUT2D eigenvalue weighted by Gasteiger charge is -2.05. The van der Waals surface area contributed by atoms with E-state index in [1.165, 1.54) is 5.56 Å². The Morgan fingerprint density at radius 3 is 2.36 bits per heavy atom. The van der Waals surface area contributed by atoms with Crippen LogP contribution in [0.5, 0.6) is 0 Å². The zero-order chi connectivity index (χ0) is 9.97. The minimum atomic E-state index is 0.582. The standard InChI is InChI=1S/C12H14N2/c1-9(2)10-3-5-11(6-4-10)12-13-7-8-14-12/h3-7,9H,8H2,1-2H3. The third-order valence-electron chi connectivity index (χ3n) is 2.37. The zero-order valence-electron chi connectivity index (χ0n) is 8.57. The van der Waals surface area contributed by atoms with Gasteiger partial charge in [-0.1, -0.05) is 38.1 Å². The van der Waals surface area contributed by atoms with E-state index < -0.39 is 0 Å². The van der Waals surface area contributed by atoms with Gasteiger partial charge in [0.1, 0.15) is 0 Å². The van der Waals surface area contributed by atoms with Gasteiger partial charge < -0.3 is 0 Å². The van der Waals surface area contributed by atoms with Gasteiger partial charge in [-0.15, -0.1) is 0 Å². The molecule has 0 N–H and O–H groups in total. The van der Waals surface area contributed by atoms with Crippen LogP contribution >= 0.6 is 0 Å². The summed E-state index contributed by atoms with van der Waals surface area (Å²) in [6.07, 6.45) is 1.84. The van der Waals surface area contributed by atoms with Crippen molar-refractivity contribution in [3.63, 3.8) is 0 Å². The quantitative estimate of drug-likeness (QED) is 0.678. The molecule has 1 aliphatic heterocycles. The van der Waals surface area contributed by atoms with Crippen molar-refractivity contribution >= 4 is 12.1 Å². The maximum absolute atomic E-state index is 4.27. The van der Waals surface area contributed by atoms with Gasteiger partial charge >= 0.3 is 0 Å². The summed E-state index contributed by atoms with van der Waals surface area (Å²) in [7, 11) is 0. The summed E-state index contributed by atoms with van der Waals surface area (Å²) in [5.74, 6) is 1.44. The summed E-state index contributed by atoms with van der Waals surface area (Å²) < 4.78 is 0. The van der Waals surface area contributed by atoms with Crippen molar-refractivity contribution in [3.8, 4) is 0 Å². The summed E-state index contributed by atoms with van der Waals surface area (Å²) in [5.41, 5.74) is 2.47. The summed E-state index contributed by atoms with van der Waals surface area (Å²) in [6, 6.07) is 8.49. The lowest BCUT2D eigenvalue weighted by Crippen LogP contribution is -1.95. The molecule has 0 spiro atoms. The number of aliphatic imine (C=N–C) groups is 2. The highest BCUT2D eigenvalue weighted by molar-refractivity contribution is 6.06. The maximum atomic E-state index is 4.27. The van der Waals surface area contributed by atoms with E-state index in [9.17, 15) is 0 Å². The second kappa shape index (κ2) is 3.74. The third-order valence-corrected chi connectivity index (χ3v) is 2.37. The van der Waals surface area contributed by atoms with E-state index in [-0.39, 0.29) is 0 Å². The number of hydrogen-bond acceptors (Lipinski definition) is 2. The molecule has 0 amide bonds. The first-order valence-electron chi connectivity index (χ1n) is 4.94. The van der Waals surface area contributed by atoms with Gasteiger partial charge in [0.2, 0.25) is 0 Å². The Kier molecular flexibility index (Phi) is 2.44. The minimum Gasteiger partial charge on any atom is -0.260 e. The Labute approximate surface area is 84.4 Å². The fourth-order valence-electron chi connectivity index (χ4n) is 1.48. The highest BCUT2D eigenvalue weighted by Crippen LogP contribution is 2.15. The third kappa shape index (κ3) is 1.74.